The summed E-state index contributed by atoms with van der Waals surface area (Å²) in [6.45, 7) is 6.18. The smallest absolute Gasteiger partial charge is 0.270 e. The second-order valence-corrected chi connectivity index (χ2v) is 8.62. The van der Waals surface area contributed by atoms with Gasteiger partial charge in [-0.05, 0) is 49.6 Å². The Balaban J connectivity index is 1.51. The summed E-state index contributed by atoms with van der Waals surface area (Å²) in [4.78, 5) is 31.3. The predicted molar refractivity (Wildman–Crippen MR) is 124 cm³/mol. The van der Waals surface area contributed by atoms with Crippen LogP contribution in [0.1, 0.15) is 34.7 Å². The number of allylic oxidation sites excluding steroid dienone is 2. The van der Waals surface area contributed by atoms with Gasteiger partial charge >= 0.3 is 0 Å². The van der Waals surface area contributed by atoms with Crippen LogP contribution in [-0.4, -0.2) is 59.0 Å². The molecule has 1 atom stereocenters. The van der Waals surface area contributed by atoms with E-state index in [-0.39, 0.29) is 17.9 Å². The monoisotopic (exact) mass is 437 g/mol. The molecule has 1 unspecified atom stereocenters. The van der Waals surface area contributed by atoms with Crippen LogP contribution in [0.25, 0.3) is 10.2 Å². The summed E-state index contributed by atoms with van der Waals surface area (Å²) >= 11 is 1.65. The van der Waals surface area contributed by atoms with Crippen LogP contribution < -0.4 is 4.74 Å². The van der Waals surface area contributed by atoms with Gasteiger partial charge in [0, 0.05) is 43.2 Å². The zero-order valence-corrected chi connectivity index (χ0v) is 18.9. The molecule has 0 radical (unpaired) electrons. The highest BCUT2D eigenvalue weighted by atomic mass is 32.1. The number of hydrogen-bond acceptors (Lipinski definition) is 4. The zero-order valence-electron chi connectivity index (χ0n) is 18.1. The lowest BCUT2D eigenvalue weighted by molar-refractivity contribution is 0.0409. The fourth-order valence-corrected chi connectivity index (χ4v) is 4.98. The lowest BCUT2D eigenvalue weighted by atomic mass is 10.1. The van der Waals surface area contributed by atoms with E-state index in [2.05, 4.69) is 22.1 Å². The molecule has 6 nitrogen and oxygen atoms in total. The Morgan fingerprint density at radius 2 is 2.03 bits per heavy atom. The maximum absolute atomic E-state index is 13.4. The van der Waals surface area contributed by atoms with Gasteiger partial charge in [-0.3, -0.25) is 9.59 Å². The Kier molecular flexibility index (Phi) is 6.13. The van der Waals surface area contributed by atoms with Crippen molar-refractivity contribution in [1.29, 1.82) is 0 Å². The summed E-state index contributed by atoms with van der Waals surface area (Å²) in [6, 6.07) is 11.2. The Hall–Kier alpha value is -3.06. The Labute approximate surface area is 186 Å². The van der Waals surface area contributed by atoms with Gasteiger partial charge in [0.15, 0.2) is 0 Å². The normalized spacial score (nSPS) is 16.9. The summed E-state index contributed by atoms with van der Waals surface area (Å²) in [5.74, 6) is 0.651. The molecule has 7 heteroatoms. The molecule has 3 heterocycles. The maximum atomic E-state index is 13.4. The minimum absolute atomic E-state index is 0.0215. The maximum Gasteiger partial charge on any atom is 0.270 e. The molecule has 0 saturated carbocycles. The lowest BCUT2D eigenvalue weighted by Gasteiger charge is -2.40. The molecule has 2 amide bonds. The number of benzene rings is 1. The standard InChI is InChI=1S/C24H27N3O3S/c1-4-5-10-27-21(15-19-9-13-31-24(19)27)23(29)25-11-12-26(17(2)16-25)22(28)18-7-6-8-20(14-18)30-3/h4-9,13-15,17H,10-12,16H2,1-3H3/b5-4-. The third-order valence-corrected chi connectivity index (χ3v) is 6.69. The number of ether oxygens (including phenoxy) is 1. The number of aromatic nitrogens is 1. The van der Waals surface area contributed by atoms with Crippen molar-refractivity contribution >= 4 is 33.4 Å². The SMILES string of the molecule is C/C=C\Cn1c(C(=O)N2CCN(C(=O)c3cccc(OC)c3)C(C)C2)cc2ccsc21. The topological polar surface area (TPSA) is 54.8 Å². The van der Waals surface area contributed by atoms with E-state index in [1.54, 1.807) is 30.6 Å². The zero-order chi connectivity index (χ0) is 22.0. The van der Waals surface area contributed by atoms with Crippen molar-refractivity contribution in [2.75, 3.05) is 26.7 Å². The minimum atomic E-state index is -0.0727. The van der Waals surface area contributed by atoms with Crippen LogP contribution in [0.5, 0.6) is 5.75 Å². The summed E-state index contributed by atoms with van der Waals surface area (Å²) in [5.41, 5.74) is 1.31. The van der Waals surface area contributed by atoms with Crippen LogP contribution in [0.4, 0.5) is 0 Å². The predicted octanol–water partition coefficient (Wildman–Crippen LogP) is 4.27. The highest BCUT2D eigenvalue weighted by Crippen LogP contribution is 2.27. The van der Waals surface area contributed by atoms with Gasteiger partial charge in [0.1, 0.15) is 16.3 Å². The first-order valence-electron chi connectivity index (χ1n) is 10.5. The van der Waals surface area contributed by atoms with Gasteiger partial charge in [-0.1, -0.05) is 18.2 Å². The number of carbonyl (C=O) groups excluding carboxylic acids is 2. The third-order valence-electron chi connectivity index (χ3n) is 5.74. The molecule has 1 aliphatic heterocycles. The molecule has 1 aromatic carbocycles. The number of methoxy groups -OCH3 is 1. The highest BCUT2D eigenvalue weighted by molar-refractivity contribution is 7.16. The fraction of sp³-hybridized carbons (Fsp3) is 0.333. The molecular weight excluding hydrogens is 410 g/mol. The first-order valence-corrected chi connectivity index (χ1v) is 11.3. The number of piperazine rings is 1. The highest BCUT2D eigenvalue weighted by Gasteiger charge is 2.32. The van der Waals surface area contributed by atoms with Crippen LogP contribution in [0, 0.1) is 0 Å². The van der Waals surface area contributed by atoms with Crippen molar-refractivity contribution in [3.05, 3.63) is 65.2 Å². The van der Waals surface area contributed by atoms with Crippen molar-refractivity contribution in [3.63, 3.8) is 0 Å². The van der Waals surface area contributed by atoms with Crippen LogP contribution >= 0.6 is 11.3 Å². The van der Waals surface area contributed by atoms with Crippen molar-refractivity contribution in [2.45, 2.75) is 26.4 Å². The molecule has 0 spiro atoms. The van der Waals surface area contributed by atoms with Gasteiger partial charge in [0.2, 0.25) is 0 Å². The number of hydrogen-bond donors (Lipinski definition) is 0. The third kappa shape index (κ3) is 4.10. The van der Waals surface area contributed by atoms with Crippen LogP contribution in [-0.2, 0) is 6.54 Å². The molecular formula is C24H27N3O3S. The first kappa shape index (κ1) is 21.2. The van der Waals surface area contributed by atoms with E-state index in [1.165, 1.54) is 0 Å². The molecule has 2 aromatic heterocycles. The van der Waals surface area contributed by atoms with Crippen LogP contribution in [0.15, 0.2) is 53.9 Å². The average molecular weight is 438 g/mol. The molecule has 162 valence electrons. The number of amides is 2. The van der Waals surface area contributed by atoms with E-state index < -0.39 is 0 Å². The average Bonchev–Trinajstić information content (AvgIpc) is 3.38. The second kappa shape index (κ2) is 8.98. The largest absolute Gasteiger partial charge is 0.497 e. The van der Waals surface area contributed by atoms with Gasteiger partial charge in [0.05, 0.1) is 7.11 Å². The quantitative estimate of drug-likeness (QED) is 0.560. The molecule has 1 saturated heterocycles. The molecule has 0 N–H and O–H groups in total. The molecule has 1 fully saturated rings. The molecule has 0 aliphatic carbocycles. The Morgan fingerprint density at radius 1 is 1.19 bits per heavy atom. The van der Waals surface area contributed by atoms with E-state index in [4.69, 9.17) is 4.74 Å². The van der Waals surface area contributed by atoms with E-state index in [0.717, 1.165) is 10.2 Å². The summed E-state index contributed by atoms with van der Waals surface area (Å²) in [6.07, 6.45) is 4.06. The molecule has 3 aromatic rings. The van der Waals surface area contributed by atoms with Gasteiger partial charge in [-0.25, -0.2) is 0 Å². The number of carbonyl (C=O) groups is 2. The van der Waals surface area contributed by atoms with E-state index in [0.29, 0.717) is 43.2 Å². The fourth-order valence-electron chi connectivity index (χ4n) is 4.07. The van der Waals surface area contributed by atoms with E-state index >= 15 is 0 Å². The van der Waals surface area contributed by atoms with Crippen molar-refractivity contribution in [2.24, 2.45) is 0 Å². The van der Waals surface area contributed by atoms with Crippen LogP contribution in [0.3, 0.4) is 0 Å². The summed E-state index contributed by atoms with van der Waals surface area (Å²) in [7, 11) is 1.59. The number of nitrogens with zero attached hydrogens (tertiary/aromatic N) is 3. The van der Waals surface area contributed by atoms with Gasteiger partial charge in [-0.2, -0.15) is 0 Å². The van der Waals surface area contributed by atoms with E-state index in [9.17, 15) is 9.59 Å². The van der Waals surface area contributed by atoms with Crippen molar-refractivity contribution in [3.8, 4) is 5.75 Å². The van der Waals surface area contributed by atoms with Crippen LogP contribution in [0.2, 0.25) is 0 Å². The van der Waals surface area contributed by atoms with E-state index in [1.807, 2.05) is 47.9 Å². The molecule has 4 rings (SSSR count). The number of thiophene rings is 1. The number of fused-ring (bicyclic) bond motifs is 1. The van der Waals surface area contributed by atoms with Gasteiger partial charge in [0.25, 0.3) is 11.8 Å². The second-order valence-electron chi connectivity index (χ2n) is 7.72. The number of rotatable bonds is 5. The lowest BCUT2D eigenvalue weighted by Crippen LogP contribution is -2.55. The minimum Gasteiger partial charge on any atom is -0.497 e. The van der Waals surface area contributed by atoms with Gasteiger partial charge in [-0.15, -0.1) is 11.3 Å². The molecule has 1 aliphatic rings. The molecule has 31 heavy (non-hydrogen) atoms. The summed E-state index contributed by atoms with van der Waals surface area (Å²) < 4.78 is 7.33. The Morgan fingerprint density at radius 3 is 2.77 bits per heavy atom. The van der Waals surface area contributed by atoms with Crippen molar-refractivity contribution in [1.82, 2.24) is 14.4 Å². The molecule has 0 bridgehead atoms. The van der Waals surface area contributed by atoms with Crippen molar-refractivity contribution < 1.29 is 14.3 Å². The van der Waals surface area contributed by atoms with Gasteiger partial charge < -0.3 is 19.1 Å². The summed E-state index contributed by atoms with van der Waals surface area (Å²) in [5, 5.41) is 3.15. The Bertz CT molecular complexity index is 1130. The first-order chi connectivity index (χ1) is 15.0.